The molecular weight excluding hydrogens is 268 g/mol. The van der Waals surface area contributed by atoms with Crippen LogP contribution in [0.5, 0.6) is 0 Å². The first kappa shape index (κ1) is 12.0. The van der Waals surface area contributed by atoms with Gasteiger partial charge in [-0.05, 0) is 12.1 Å². The third kappa shape index (κ3) is 3.53. The highest BCUT2D eigenvalue weighted by atomic mass is 79.9. The molecule has 0 fully saturated rings. The highest BCUT2D eigenvalue weighted by Gasteiger charge is 2.30. The van der Waals surface area contributed by atoms with Gasteiger partial charge in [-0.25, -0.2) is 18.6 Å². The smallest absolute Gasteiger partial charge is 0.211 e. The molecule has 0 unspecified atom stereocenters. The van der Waals surface area contributed by atoms with Crippen LogP contribution in [-0.4, -0.2) is 12.6 Å². The lowest BCUT2D eigenvalue weighted by Crippen LogP contribution is -2.14. The van der Waals surface area contributed by atoms with Gasteiger partial charge in [0.15, 0.2) is 0 Å². The van der Waals surface area contributed by atoms with E-state index in [1.54, 1.807) is 6.07 Å². The first-order valence-corrected chi connectivity index (χ1v) is 5.03. The van der Waals surface area contributed by atoms with Crippen LogP contribution in [0, 0.1) is 0 Å². The van der Waals surface area contributed by atoms with Crippen LogP contribution in [0.15, 0.2) is 33.7 Å². The standard InChI is InChI=1S/C10H8BrF2NO/c11-9-3-1-2-8(6-9)10(12,13)4-5-14-7-15/h1-3,6H,4-5H2. The Morgan fingerprint density at radius 3 is 2.80 bits per heavy atom. The van der Waals surface area contributed by atoms with Crippen LogP contribution in [0.3, 0.4) is 0 Å². The molecule has 0 saturated heterocycles. The fourth-order valence-corrected chi connectivity index (χ4v) is 1.50. The van der Waals surface area contributed by atoms with E-state index in [0.29, 0.717) is 4.47 Å². The normalized spacial score (nSPS) is 10.9. The fraction of sp³-hybridized carbons (Fsp3) is 0.300. The van der Waals surface area contributed by atoms with E-state index in [9.17, 15) is 13.6 Å². The lowest BCUT2D eigenvalue weighted by atomic mass is 10.1. The minimum absolute atomic E-state index is 0.0852. The Morgan fingerprint density at radius 2 is 2.20 bits per heavy atom. The summed E-state index contributed by atoms with van der Waals surface area (Å²) >= 11 is 3.12. The van der Waals surface area contributed by atoms with Gasteiger partial charge in [0.2, 0.25) is 6.08 Å². The van der Waals surface area contributed by atoms with Crippen LogP contribution in [0.2, 0.25) is 0 Å². The van der Waals surface area contributed by atoms with E-state index in [-0.39, 0.29) is 12.1 Å². The number of aliphatic imine (C=N–C) groups is 1. The van der Waals surface area contributed by atoms with Gasteiger partial charge in [-0.2, -0.15) is 0 Å². The highest BCUT2D eigenvalue weighted by Crippen LogP contribution is 2.32. The number of benzene rings is 1. The SMILES string of the molecule is O=C=NCCC(F)(F)c1cccc(Br)c1. The second-order valence-electron chi connectivity index (χ2n) is 2.94. The molecule has 0 aliphatic rings. The second-order valence-corrected chi connectivity index (χ2v) is 3.85. The van der Waals surface area contributed by atoms with E-state index >= 15 is 0 Å². The van der Waals surface area contributed by atoms with Crippen LogP contribution >= 0.6 is 15.9 Å². The Labute approximate surface area is 94.1 Å². The van der Waals surface area contributed by atoms with E-state index in [1.165, 1.54) is 24.3 Å². The lowest BCUT2D eigenvalue weighted by molar-refractivity contribution is -0.0106. The molecule has 0 N–H and O–H groups in total. The van der Waals surface area contributed by atoms with Crippen LogP contribution in [0.25, 0.3) is 0 Å². The Hall–Kier alpha value is -1.06. The molecule has 0 bridgehead atoms. The molecule has 15 heavy (non-hydrogen) atoms. The summed E-state index contributed by atoms with van der Waals surface area (Å²) < 4.78 is 27.5. The van der Waals surface area contributed by atoms with Crippen molar-refractivity contribution in [2.75, 3.05) is 6.54 Å². The largest absolute Gasteiger partial charge is 0.275 e. The zero-order valence-corrected chi connectivity index (χ0v) is 9.30. The van der Waals surface area contributed by atoms with E-state index < -0.39 is 12.3 Å². The number of nitrogens with zero attached hydrogens (tertiary/aromatic N) is 1. The zero-order chi connectivity index (χ0) is 11.3. The third-order valence-electron chi connectivity index (χ3n) is 1.85. The molecule has 0 aromatic heterocycles. The Morgan fingerprint density at radius 1 is 1.47 bits per heavy atom. The molecule has 0 aliphatic carbocycles. The molecule has 0 atom stereocenters. The second kappa shape index (κ2) is 5.14. The predicted octanol–water partition coefficient (Wildman–Crippen LogP) is 3.27. The molecule has 1 aromatic rings. The summed E-state index contributed by atoms with van der Waals surface area (Å²) in [5, 5.41) is 0. The first-order chi connectivity index (χ1) is 7.06. The van der Waals surface area contributed by atoms with Crippen molar-refractivity contribution in [1.29, 1.82) is 0 Å². The summed E-state index contributed by atoms with van der Waals surface area (Å²) in [6, 6.07) is 5.90. The van der Waals surface area contributed by atoms with Crippen LogP contribution in [0.4, 0.5) is 8.78 Å². The van der Waals surface area contributed by atoms with Crippen molar-refractivity contribution < 1.29 is 13.6 Å². The number of hydrogen-bond acceptors (Lipinski definition) is 2. The van der Waals surface area contributed by atoms with Crippen molar-refractivity contribution in [2.45, 2.75) is 12.3 Å². The maximum absolute atomic E-state index is 13.4. The molecule has 0 saturated carbocycles. The van der Waals surface area contributed by atoms with Crippen molar-refractivity contribution in [3.8, 4) is 0 Å². The summed E-state index contributed by atoms with van der Waals surface area (Å²) in [7, 11) is 0. The Bertz CT molecular complexity index is 389. The Balaban J connectivity index is 2.80. The topological polar surface area (TPSA) is 29.4 Å². The van der Waals surface area contributed by atoms with Gasteiger partial charge in [0, 0.05) is 16.5 Å². The zero-order valence-electron chi connectivity index (χ0n) is 7.71. The predicted molar refractivity (Wildman–Crippen MR) is 55.6 cm³/mol. The van der Waals surface area contributed by atoms with Crippen molar-refractivity contribution in [1.82, 2.24) is 0 Å². The average Bonchev–Trinajstić information content (AvgIpc) is 2.18. The van der Waals surface area contributed by atoms with Crippen molar-refractivity contribution in [3.63, 3.8) is 0 Å². The van der Waals surface area contributed by atoms with Gasteiger partial charge in [0.1, 0.15) is 0 Å². The van der Waals surface area contributed by atoms with E-state index in [0.717, 1.165) is 0 Å². The van der Waals surface area contributed by atoms with E-state index in [1.807, 2.05) is 0 Å². The molecule has 0 amide bonds. The molecule has 0 aliphatic heterocycles. The number of hydrogen-bond donors (Lipinski definition) is 0. The van der Waals surface area contributed by atoms with Crippen molar-refractivity contribution in [3.05, 3.63) is 34.3 Å². The molecule has 2 nitrogen and oxygen atoms in total. The minimum atomic E-state index is -2.97. The first-order valence-electron chi connectivity index (χ1n) is 4.24. The van der Waals surface area contributed by atoms with Gasteiger partial charge in [-0.15, -0.1) is 0 Å². The monoisotopic (exact) mass is 275 g/mol. The van der Waals surface area contributed by atoms with E-state index in [2.05, 4.69) is 20.9 Å². The fourth-order valence-electron chi connectivity index (χ4n) is 1.10. The van der Waals surface area contributed by atoms with Gasteiger partial charge in [-0.1, -0.05) is 28.1 Å². The van der Waals surface area contributed by atoms with Crippen LogP contribution < -0.4 is 0 Å². The van der Waals surface area contributed by atoms with Crippen molar-refractivity contribution >= 4 is 22.0 Å². The van der Waals surface area contributed by atoms with Gasteiger partial charge in [0.25, 0.3) is 5.92 Å². The molecule has 5 heteroatoms. The molecular formula is C10H8BrF2NO. The third-order valence-corrected chi connectivity index (χ3v) is 2.34. The summed E-state index contributed by atoms with van der Waals surface area (Å²) in [6.45, 7) is -0.219. The van der Waals surface area contributed by atoms with E-state index in [4.69, 9.17) is 0 Å². The summed E-state index contributed by atoms with van der Waals surface area (Å²) in [5.41, 5.74) is -0.0852. The highest BCUT2D eigenvalue weighted by molar-refractivity contribution is 9.10. The van der Waals surface area contributed by atoms with Crippen LogP contribution in [0.1, 0.15) is 12.0 Å². The molecule has 0 heterocycles. The maximum atomic E-state index is 13.4. The number of carbonyl (C=O) groups excluding carboxylic acids is 1. The Kier molecular flexibility index (Phi) is 4.12. The average molecular weight is 276 g/mol. The quantitative estimate of drug-likeness (QED) is 0.613. The molecule has 0 radical (unpaired) electrons. The summed E-state index contributed by atoms with van der Waals surface area (Å²) in [5.74, 6) is -2.97. The maximum Gasteiger partial charge on any atom is 0.275 e. The van der Waals surface area contributed by atoms with Crippen LogP contribution in [-0.2, 0) is 10.7 Å². The lowest BCUT2D eigenvalue weighted by Gasteiger charge is -2.15. The number of isocyanates is 1. The summed E-state index contributed by atoms with van der Waals surface area (Å²) in [6.07, 6.45) is 0.748. The van der Waals surface area contributed by atoms with Gasteiger partial charge < -0.3 is 0 Å². The van der Waals surface area contributed by atoms with Gasteiger partial charge in [-0.3, -0.25) is 0 Å². The number of rotatable bonds is 4. The van der Waals surface area contributed by atoms with Crippen molar-refractivity contribution in [2.24, 2.45) is 4.99 Å². The molecule has 1 rings (SSSR count). The number of alkyl halides is 2. The minimum Gasteiger partial charge on any atom is -0.211 e. The molecule has 80 valence electrons. The van der Waals surface area contributed by atoms with Gasteiger partial charge in [0.05, 0.1) is 6.54 Å². The number of halogens is 3. The van der Waals surface area contributed by atoms with Gasteiger partial charge >= 0.3 is 0 Å². The molecule has 0 spiro atoms. The summed E-state index contributed by atoms with van der Waals surface area (Å²) in [4.78, 5) is 12.8. The molecule has 1 aromatic carbocycles.